The number of guanidine groups is 1. The van der Waals surface area contributed by atoms with E-state index in [0.29, 0.717) is 47.3 Å². The van der Waals surface area contributed by atoms with Gasteiger partial charge in [0.25, 0.3) is 0 Å². The fourth-order valence-electron chi connectivity index (χ4n) is 15.2. The van der Waals surface area contributed by atoms with Crippen LogP contribution >= 0.6 is 35.3 Å². The van der Waals surface area contributed by atoms with Gasteiger partial charge in [-0.1, -0.05) is 78.9 Å². The number of hydrogen-bond donors (Lipinski definition) is 16. The molecule has 37 nitrogen and oxygen atoms in total. The van der Waals surface area contributed by atoms with Gasteiger partial charge in [0.1, 0.15) is 54.1 Å². The lowest BCUT2D eigenvalue weighted by Crippen LogP contribution is -2.61. The third-order valence-corrected chi connectivity index (χ3v) is 24.4. The Balaban J connectivity index is 1.14. The van der Waals surface area contributed by atoms with Gasteiger partial charge in [-0.05, 0) is 111 Å². The van der Waals surface area contributed by atoms with Crippen LogP contribution in [-0.2, 0) is 119 Å². The van der Waals surface area contributed by atoms with Crippen molar-refractivity contribution in [2.45, 2.75) is 208 Å². The van der Waals surface area contributed by atoms with Crippen LogP contribution in [0.25, 0.3) is 0 Å². The van der Waals surface area contributed by atoms with Crippen molar-refractivity contribution in [3.63, 3.8) is 0 Å². The van der Waals surface area contributed by atoms with Crippen molar-refractivity contribution in [1.29, 1.82) is 5.41 Å². The van der Waals surface area contributed by atoms with Gasteiger partial charge in [-0.2, -0.15) is 35.3 Å². The molecule has 5 heterocycles. The average Bonchev–Trinajstić information content (AvgIpc) is 1.04. The van der Waals surface area contributed by atoms with Crippen molar-refractivity contribution >= 4 is 141 Å². The molecule has 14 atom stereocenters. The van der Waals surface area contributed by atoms with E-state index in [1.165, 1.54) is 59.7 Å². The molecule has 18 N–H and O–H groups in total. The quantitative estimate of drug-likeness (QED) is 0.0168. The Morgan fingerprint density at radius 2 is 1.34 bits per heavy atom. The van der Waals surface area contributed by atoms with Gasteiger partial charge in [-0.3, -0.25) is 82.1 Å². The first-order valence-corrected chi connectivity index (χ1v) is 44.0. The number of Topliss-reactive ketones (excluding diaryl/α,β-unsaturated/α-hetero) is 3. The molecule has 4 aromatic rings. The molecule has 0 unspecified atom stereocenters. The number of benzene rings is 3. The Morgan fingerprint density at radius 1 is 0.680 bits per heavy atom. The lowest BCUT2D eigenvalue weighted by Gasteiger charge is -2.38. The van der Waals surface area contributed by atoms with Gasteiger partial charge in [0, 0.05) is 106 Å². The van der Waals surface area contributed by atoms with E-state index in [4.69, 9.17) is 16.9 Å². The largest absolute Gasteiger partial charge is 0.481 e. The van der Waals surface area contributed by atoms with Crippen LogP contribution < -0.4 is 54.0 Å². The first-order valence-electron chi connectivity index (χ1n) is 40.3. The number of carboxylic acids is 3. The zero-order valence-electron chi connectivity index (χ0n) is 68.0. The number of imidazole rings is 1. The number of nitrogens with one attached hydrogen (secondary N) is 10. The molecule has 8 rings (SSSR count). The summed E-state index contributed by atoms with van der Waals surface area (Å²) in [6.45, 7) is 2.42. The van der Waals surface area contributed by atoms with Crippen LogP contribution in [0.4, 0.5) is 0 Å². The fourth-order valence-corrected chi connectivity index (χ4v) is 17.8. The third-order valence-electron chi connectivity index (χ3n) is 21.5. The van der Waals surface area contributed by atoms with Gasteiger partial charge < -0.3 is 98.9 Å². The van der Waals surface area contributed by atoms with E-state index in [1.807, 2.05) is 18.4 Å². The average molecular weight is 1750 g/mol. The van der Waals surface area contributed by atoms with Gasteiger partial charge in [0.2, 0.25) is 65.0 Å². The minimum absolute atomic E-state index is 0.00797. The molecule has 4 aliphatic heterocycles. The number of primary amides is 1. The number of carbonyl (C=O) groups excluding carboxylic acids is 14. The molecular weight excluding hydrogens is 1640 g/mol. The third kappa shape index (κ3) is 29.0. The molecule has 11 amide bonds. The van der Waals surface area contributed by atoms with Gasteiger partial charge in [0.05, 0.1) is 49.0 Å². The molecule has 4 aliphatic rings. The Bertz CT molecular complexity index is 4450. The van der Waals surface area contributed by atoms with Crippen molar-refractivity contribution in [2.75, 3.05) is 43.1 Å². The summed E-state index contributed by atoms with van der Waals surface area (Å²) in [4.78, 5) is 252. The molecule has 660 valence electrons. The van der Waals surface area contributed by atoms with Gasteiger partial charge in [-0.25, -0.2) is 4.98 Å². The zero-order chi connectivity index (χ0) is 88.9. The number of rotatable bonds is 34. The number of amides is 11. The Labute approximate surface area is 717 Å². The van der Waals surface area contributed by atoms with E-state index < -0.39 is 230 Å². The van der Waals surface area contributed by atoms with E-state index in [-0.39, 0.29) is 106 Å². The Hall–Kier alpha value is -11.3. The number of nitrogens with two attached hydrogens (primary N) is 2. The molecule has 0 saturated carbocycles. The van der Waals surface area contributed by atoms with Crippen LogP contribution in [0.15, 0.2) is 91.4 Å². The van der Waals surface area contributed by atoms with Gasteiger partial charge in [-0.15, -0.1) is 0 Å². The summed E-state index contributed by atoms with van der Waals surface area (Å²) in [6, 6.07) is 7.03. The highest BCUT2D eigenvalue weighted by molar-refractivity contribution is 7.99. The highest BCUT2D eigenvalue weighted by Gasteiger charge is 2.47. The molecule has 0 spiro atoms. The molecule has 2 bridgehead atoms. The smallest absolute Gasteiger partial charge is 0.305 e. The van der Waals surface area contributed by atoms with Crippen molar-refractivity contribution < 1.29 is 102 Å². The topological polar surface area (TPSA) is 582 Å². The van der Waals surface area contributed by atoms with Crippen molar-refractivity contribution in [3.8, 4) is 0 Å². The number of aliphatic carboxylic acids is 3. The Kier molecular flexibility index (Phi) is 37.2. The maximum absolute atomic E-state index is 15.6. The second-order valence-corrected chi connectivity index (χ2v) is 33.9. The number of hydrogen-bond acceptors (Lipinski definition) is 23. The van der Waals surface area contributed by atoms with Crippen LogP contribution in [0.1, 0.15) is 137 Å². The van der Waals surface area contributed by atoms with E-state index in [1.54, 1.807) is 66.7 Å². The summed E-state index contributed by atoms with van der Waals surface area (Å²) in [5.41, 5.74) is 14.2. The molecule has 122 heavy (non-hydrogen) atoms. The number of aliphatic hydroxyl groups excluding tert-OH is 1. The second-order valence-electron chi connectivity index (χ2n) is 30.9. The lowest BCUT2D eigenvalue weighted by molar-refractivity contribution is -0.148. The molecule has 0 radical (unpaired) electrons. The monoisotopic (exact) mass is 1750 g/mol. The number of ketones is 3. The van der Waals surface area contributed by atoms with E-state index in [0.717, 1.165) is 22.2 Å². The summed E-state index contributed by atoms with van der Waals surface area (Å²) in [5.74, 6) is -20.4. The minimum atomic E-state index is -1.84. The molecule has 0 aliphatic carbocycles. The number of aliphatic hydroxyl groups is 1. The highest BCUT2D eigenvalue weighted by atomic mass is 32.2. The summed E-state index contributed by atoms with van der Waals surface area (Å²) in [5, 5.41) is 69.8. The maximum Gasteiger partial charge on any atom is 0.305 e. The Morgan fingerprint density at radius 3 is 1.97 bits per heavy atom. The summed E-state index contributed by atoms with van der Waals surface area (Å²) in [7, 11) is 0. The van der Waals surface area contributed by atoms with Gasteiger partial charge in [0.15, 0.2) is 17.5 Å². The van der Waals surface area contributed by atoms with Crippen LogP contribution in [0, 0.1) is 23.2 Å². The first kappa shape index (κ1) is 96.2. The fraction of sp³-hybridized carbons (Fsp3) is 0.524. The number of nitrogens with zero attached hydrogens (tertiary/aromatic N) is 4. The van der Waals surface area contributed by atoms with E-state index in [9.17, 15) is 78.0 Å². The molecule has 3 aromatic carbocycles. The lowest BCUT2D eigenvalue weighted by atomic mass is 9.89. The molecule has 1 aromatic heterocycles. The normalized spacial score (nSPS) is 21.7. The number of thioether (sulfide) groups is 3. The standard InChI is InChI=1S/C82H108N16O21S3/c1-45(99)29-51(24-28-120-3)72(110)94-61-43-122-41-49-16-9-15-48(30-49)40-121-42-60(93-73(111)53(31-47-13-5-4-6-14-47)33-65(101)56(22-23-67(103)104)89-78(116)70(46(2)100)95-76(114)62-20-11-26-96(62)81(119)63-21-12-27-97(63)80(61)118)66(102)34-54(35-68(105)106)74(112)92-59(36-55-38-86-44-88-55)79(117)98-39-52-18-8-7-17-50(52)32-64(98)77(115)90-57(19-10-25-87-82(84)85)75(113)91-58(71(83)109)37-69(107)108/h4-9,13-18,30,38,44,46,51,53-54,56-64,70,100H,10-12,19-29,31-37,39-43H2,1-3H3,(H2,83,109)(H,86,88)(H,89,116)(H,90,115)(H,91,113)(H,92,112)(H,93,111)(H,94,110)(H,95,114)(H,103,104)(H,105,106)(H,107,108)(H4,84,85,87)/t46-,51-,53-,54+,56+,57+,58+,59+,60+,61+,62+,63+,64+,70+/m1/s1. The first-order chi connectivity index (χ1) is 58.2. The predicted molar refractivity (Wildman–Crippen MR) is 448 cm³/mol. The maximum atomic E-state index is 15.6. The number of H-pyrrole nitrogens is 1. The molecule has 40 heteroatoms. The number of carboxylic acid groups (broad SMARTS) is 3. The van der Waals surface area contributed by atoms with E-state index >= 15 is 24.0 Å². The second kappa shape index (κ2) is 47.2. The van der Waals surface area contributed by atoms with Crippen LogP contribution in [0.3, 0.4) is 0 Å². The SMILES string of the molecule is CSCC[C@H](CC(C)=O)C(=O)N[C@H]1CSCc2cccc(c2)CSC[C@@H](C(=O)C[C@@H](CC(=O)O)C(=O)N[C@@H](Cc2c[nH]cn2)C(=O)N2Cc3ccccc3C[C@H]2C(=O)N[C@@H](CCCNC(=N)N)C(=O)N[C@@H](CC(=O)O)C(N)=O)NC(=O)[C@H](Cc2ccccc2)CC(=O)[C@H](CCC(=O)O)NC(=O)[C@H]([C@@H](C)O)NC(=O)[C@@H]2CCCN2C(=O)[C@@H]2CCCN2C1=O. The summed E-state index contributed by atoms with van der Waals surface area (Å²) >= 11 is 3.89. The number of carbonyl (C=O) groups is 17. The summed E-state index contributed by atoms with van der Waals surface area (Å²) < 4.78 is 0. The summed E-state index contributed by atoms with van der Waals surface area (Å²) in [6.07, 6.45) is -1.91. The predicted octanol–water partition coefficient (Wildman–Crippen LogP) is 0.147. The zero-order valence-corrected chi connectivity index (χ0v) is 70.5. The van der Waals surface area contributed by atoms with E-state index in [2.05, 4.69) is 52.5 Å². The molecule has 2 fully saturated rings. The molecular formula is C82H108N16O21S3. The number of aromatic amines is 1. The van der Waals surface area contributed by atoms with Crippen LogP contribution in [0.2, 0.25) is 0 Å². The van der Waals surface area contributed by atoms with Crippen molar-refractivity contribution in [2.24, 2.45) is 29.2 Å². The number of aromatic nitrogens is 2. The van der Waals surface area contributed by atoms with Crippen LogP contribution in [-0.4, -0.2) is 261 Å². The molecule has 2 saturated heterocycles. The van der Waals surface area contributed by atoms with Gasteiger partial charge >= 0.3 is 17.9 Å². The van der Waals surface area contributed by atoms with Crippen LogP contribution in [0.5, 0.6) is 0 Å². The van der Waals surface area contributed by atoms with Crippen molar-refractivity contribution in [1.82, 2.24) is 67.2 Å². The number of fused-ring (bicyclic) bond motifs is 5. The minimum Gasteiger partial charge on any atom is -0.481 e. The highest BCUT2D eigenvalue weighted by Crippen LogP contribution is 2.31. The van der Waals surface area contributed by atoms with Crippen molar-refractivity contribution in [3.05, 3.63) is 125 Å².